The summed E-state index contributed by atoms with van der Waals surface area (Å²) in [7, 11) is 0. The molecule has 5 heteroatoms. The van der Waals surface area contributed by atoms with Crippen LogP contribution in [0.1, 0.15) is 35.6 Å². The summed E-state index contributed by atoms with van der Waals surface area (Å²) in [5.74, 6) is -2.53. The number of hydrogen-bond acceptors (Lipinski definition) is 3. The summed E-state index contributed by atoms with van der Waals surface area (Å²) < 4.78 is 239. The molecule has 5 nitrogen and oxygen atoms in total. The predicted octanol–water partition coefficient (Wildman–Crippen LogP) is 12.9. The van der Waals surface area contributed by atoms with Crippen LogP contribution in [0.2, 0.25) is 0 Å². The Hall–Kier alpha value is -7.63. The van der Waals surface area contributed by atoms with E-state index in [1.165, 1.54) is 4.57 Å². The van der Waals surface area contributed by atoms with E-state index in [4.69, 9.17) is 24.7 Å². The Morgan fingerprint density at radius 2 is 0.839 bits per heavy atom. The smallest absolute Gasteiger partial charge is 0.238 e. The van der Waals surface area contributed by atoms with Gasteiger partial charge in [-0.15, -0.1) is 0 Å². The zero-order valence-corrected chi connectivity index (χ0v) is 28.1. The van der Waals surface area contributed by atoms with Gasteiger partial charge in [0.15, 0.2) is 11.6 Å². The summed E-state index contributed by atoms with van der Waals surface area (Å²) in [6.45, 7) is 0. The third-order valence-corrected chi connectivity index (χ3v) is 9.41. The van der Waals surface area contributed by atoms with Crippen molar-refractivity contribution in [1.29, 1.82) is 0 Å². The highest BCUT2D eigenvalue weighted by molar-refractivity contribution is 6.26. The van der Waals surface area contributed by atoms with E-state index in [1.54, 1.807) is 30.3 Å². The van der Waals surface area contributed by atoms with Crippen LogP contribution < -0.4 is 0 Å². The second kappa shape index (κ2) is 11.9. The third kappa shape index (κ3) is 4.52. The van der Waals surface area contributed by atoms with Crippen LogP contribution >= 0.6 is 0 Å². The first-order valence-electron chi connectivity index (χ1n) is 29.8. The summed E-state index contributed by atoms with van der Waals surface area (Å²) in [5, 5.41) is -4.40. The van der Waals surface area contributed by atoms with Crippen LogP contribution in [-0.4, -0.2) is 24.1 Å². The maximum atomic E-state index is 10.3. The average molecular weight is 740 g/mol. The van der Waals surface area contributed by atoms with Crippen molar-refractivity contribution in [3.05, 3.63) is 187 Å². The second-order valence-corrected chi connectivity index (χ2v) is 12.4. The molecule has 0 N–H and O–H groups in total. The van der Waals surface area contributed by atoms with Gasteiger partial charge in [0, 0.05) is 38.4 Å². The molecule has 0 aliphatic rings. The molecule has 0 atom stereocenters. The van der Waals surface area contributed by atoms with Gasteiger partial charge in [-0.05, 0) is 74.7 Å². The Morgan fingerprint density at radius 3 is 1.48 bits per heavy atom. The van der Waals surface area contributed by atoms with E-state index in [9.17, 15) is 11.0 Å². The minimum atomic E-state index is -0.969. The van der Waals surface area contributed by atoms with Crippen LogP contribution in [0.15, 0.2) is 187 Å². The number of rotatable bonds is 4. The van der Waals surface area contributed by atoms with Gasteiger partial charge in [0.25, 0.3) is 0 Å². The lowest BCUT2D eigenvalue weighted by atomic mass is 9.93. The topological polar surface area (TPSA) is 48.5 Å². The highest BCUT2D eigenvalue weighted by Crippen LogP contribution is 2.40. The van der Waals surface area contributed by atoms with Gasteiger partial charge >= 0.3 is 0 Å². The van der Waals surface area contributed by atoms with Crippen molar-refractivity contribution in [3.63, 3.8) is 0 Å². The molecule has 12 aromatic rings. The zero-order valence-electron chi connectivity index (χ0n) is 54.1. The maximum absolute atomic E-state index is 10.3. The molecule has 0 spiro atoms. The van der Waals surface area contributed by atoms with Crippen molar-refractivity contribution < 1.29 is 35.6 Å². The average Bonchev–Trinajstić information content (AvgIpc) is 4.09. The molecule has 260 valence electrons. The number of para-hydroxylation sites is 3. The molecular formula is C51H31N5. The Morgan fingerprint density at radius 1 is 0.339 bits per heavy atom. The molecule has 3 heterocycles. The molecule has 0 amide bonds. The van der Waals surface area contributed by atoms with Crippen LogP contribution in [0.25, 0.3) is 110 Å². The predicted molar refractivity (Wildman–Crippen MR) is 232 cm³/mol. The van der Waals surface area contributed by atoms with Crippen molar-refractivity contribution in [3.8, 4) is 34.4 Å². The van der Waals surface area contributed by atoms with E-state index in [0.717, 1.165) is 4.57 Å². The molecule has 0 radical (unpaired) electrons. The number of hydrogen-bond donors (Lipinski definition) is 0. The summed E-state index contributed by atoms with van der Waals surface area (Å²) in [6, 6.07) is -12.9. The maximum Gasteiger partial charge on any atom is 0.238 e. The summed E-state index contributed by atoms with van der Waals surface area (Å²) in [5.41, 5.74) is -2.76. The monoisotopic (exact) mass is 739 g/mol. The Labute approximate surface area is 357 Å². The molecule has 0 aliphatic carbocycles. The fourth-order valence-corrected chi connectivity index (χ4v) is 7.06. The van der Waals surface area contributed by atoms with Crippen molar-refractivity contribution in [1.82, 2.24) is 24.1 Å². The first-order chi connectivity index (χ1) is 38.6. The lowest BCUT2D eigenvalue weighted by Gasteiger charge is -2.13. The van der Waals surface area contributed by atoms with E-state index in [0.29, 0.717) is 0 Å². The highest BCUT2D eigenvalue weighted by Gasteiger charge is 2.21. The highest BCUT2D eigenvalue weighted by atomic mass is 15.2. The number of nitrogens with zero attached hydrogens (tertiary/aromatic N) is 5. The SMILES string of the molecule is [2H]c1c([2H])c([2H])c(-c2nc(-c3c([2H])c([2H])c4c5c([2H])c([2H])c([2H])c([2H])c5c5c([2H])c([2H])c([2H])c([2H])c5c4c3[2H])nc(-n3c4c([2H])c([2H])c([2H])c([2H])c4c4c([2H])c5c6c([2H])c([2H])c([2H])c([2H])c6n(-c6ccccc6)c5c([2H])c43)n2)c([2H])c1[2H]. The normalized spacial score (nSPS) is 18.4. The van der Waals surface area contributed by atoms with Crippen molar-refractivity contribution in [2.75, 3.05) is 0 Å². The Kier molecular flexibility index (Phi) is 3.17. The van der Waals surface area contributed by atoms with Crippen LogP contribution in [0.5, 0.6) is 0 Å². The van der Waals surface area contributed by atoms with Crippen molar-refractivity contribution in [2.45, 2.75) is 0 Å². The van der Waals surface area contributed by atoms with Gasteiger partial charge in [0.2, 0.25) is 5.95 Å². The first-order valence-corrected chi connectivity index (χ1v) is 16.8. The third-order valence-electron chi connectivity index (χ3n) is 9.41. The molecule has 0 aliphatic heterocycles. The first kappa shape index (κ1) is 14.9. The van der Waals surface area contributed by atoms with E-state index < -0.39 is 240 Å². The van der Waals surface area contributed by atoms with Gasteiger partial charge in [0.05, 0.1) is 57.7 Å². The zero-order chi connectivity index (χ0) is 59.4. The molecule has 0 fully saturated rings. The van der Waals surface area contributed by atoms with E-state index in [1.807, 2.05) is 0 Å². The Balaban J connectivity index is 1.35. The van der Waals surface area contributed by atoms with Crippen LogP contribution in [0.4, 0.5) is 0 Å². The molecule has 3 aromatic heterocycles. The van der Waals surface area contributed by atoms with Gasteiger partial charge in [-0.1, -0.05) is 145 Å². The van der Waals surface area contributed by atoms with Crippen molar-refractivity contribution >= 4 is 75.9 Å². The minimum Gasteiger partial charge on any atom is -0.309 e. The van der Waals surface area contributed by atoms with Crippen LogP contribution in [0, 0.1) is 0 Å². The molecule has 0 unspecified atom stereocenters. The molecule has 56 heavy (non-hydrogen) atoms. The molecular weight excluding hydrogens is 683 g/mol. The van der Waals surface area contributed by atoms with E-state index in [2.05, 4.69) is 15.0 Å². The van der Waals surface area contributed by atoms with Gasteiger partial charge < -0.3 is 4.57 Å². The number of fused-ring (bicyclic) bond motifs is 12. The summed E-state index contributed by atoms with van der Waals surface area (Å²) in [4.78, 5) is 13.7. The standard InChI is InChI=1S/C51H31N5/c1-3-15-32(16-4-1)49-52-50(33-27-28-39-37-21-8-7-19-35(37)36-20-9-10-22-38(36)42(39)29-33)54-51(53-49)56-46-26-14-12-24-41(46)44-30-43-40-23-11-13-25-45(40)55(47(43)31-48(44)56)34-17-5-2-6-18-34/h1-31H/i1D,3D,4D,7D,8D,9D,10D,11D,12D,13D,14D,15D,16D,19D,20D,21D,22D,23D,24D,25D,26D,27D,28D,29D,30D,31D. The van der Waals surface area contributed by atoms with Gasteiger partial charge in [-0.3, -0.25) is 4.57 Å². The van der Waals surface area contributed by atoms with Crippen LogP contribution in [0.3, 0.4) is 0 Å². The molecule has 9 aromatic carbocycles. The largest absolute Gasteiger partial charge is 0.309 e. The van der Waals surface area contributed by atoms with Gasteiger partial charge in [-0.25, -0.2) is 4.98 Å². The fourth-order valence-electron chi connectivity index (χ4n) is 7.06. The molecule has 0 bridgehead atoms. The number of aromatic nitrogens is 5. The lowest BCUT2D eigenvalue weighted by Crippen LogP contribution is -2.06. The lowest BCUT2D eigenvalue weighted by molar-refractivity contribution is 0.954. The van der Waals surface area contributed by atoms with Gasteiger partial charge in [-0.2, -0.15) is 9.97 Å². The second-order valence-electron chi connectivity index (χ2n) is 12.4. The summed E-state index contributed by atoms with van der Waals surface area (Å²) >= 11 is 0. The van der Waals surface area contributed by atoms with Crippen LogP contribution in [-0.2, 0) is 0 Å². The summed E-state index contributed by atoms with van der Waals surface area (Å²) in [6.07, 6.45) is 0. The van der Waals surface area contributed by atoms with E-state index in [-0.39, 0.29) is 27.5 Å². The fraction of sp³-hybridized carbons (Fsp3) is 0. The quantitative estimate of drug-likeness (QED) is 0.169. The number of benzene rings is 9. The van der Waals surface area contributed by atoms with E-state index >= 15 is 0 Å². The molecule has 0 saturated heterocycles. The molecule has 12 rings (SSSR count). The van der Waals surface area contributed by atoms with Gasteiger partial charge in [0.1, 0.15) is 0 Å². The van der Waals surface area contributed by atoms with Crippen molar-refractivity contribution in [2.24, 2.45) is 0 Å². The Bertz CT molecular complexity index is 4980. The minimum absolute atomic E-state index is 0.181. The molecule has 0 saturated carbocycles.